The van der Waals surface area contributed by atoms with Gasteiger partial charge in [-0.25, -0.2) is 0 Å². The second kappa shape index (κ2) is 5.87. The molecule has 0 radical (unpaired) electrons. The Hall–Kier alpha value is -1.55. The molecule has 1 rings (SSSR count). The van der Waals surface area contributed by atoms with Crippen LogP contribution in [0.1, 0.15) is 38.8 Å². The Morgan fingerprint density at radius 1 is 1.56 bits per heavy atom. The number of nitrogens with two attached hydrogens (primary N) is 1. The Morgan fingerprint density at radius 2 is 2.22 bits per heavy atom. The predicted octanol–water partition coefficient (Wildman–Crippen LogP) is 2.00. The summed E-state index contributed by atoms with van der Waals surface area (Å²) in [6.07, 6.45) is 0.601. The van der Waals surface area contributed by atoms with Crippen LogP contribution in [0.5, 0.6) is 5.75 Å². The van der Waals surface area contributed by atoms with Gasteiger partial charge in [0.05, 0.1) is 18.7 Å². The van der Waals surface area contributed by atoms with Crippen molar-refractivity contribution < 1.29 is 9.53 Å². The lowest BCUT2D eigenvalue weighted by molar-refractivity contribution is -0.126. The van der Waals surface area contributed by atoms with Gasteiger partial charge >= 0.3 is 0 Å². The number of hydrogen-bond donors (Lipinski definition) is 2. The molecule has 0 aromatic heterocycles. The van der Waals surface area contributed by atoms with Crippen LogP contribution < -0.4 is 15.8 Å². The minimum atomic E-state index is -0.826. The van der Waals surface area contributed by atoms with Crippen molar-refractivity contribution in [1.29, 1.82) is 0 Å². The van der Waals surface area contributed by atoms with Crippen LogP contribution in [-0.4, -0.2) is 18.6 Å². The molecule has 0 heterocycles. The van der Waals surface area contributed by atoms with Crippen molar-refractivity contribution in [3.63, 3.8) is 0 Å². The quantitative estimate of drug-likeness (QED) is 0.840. The molecule has 0 saturated carbocycles. The highest BCUT2D eigenvalue weighted by molar-refractivity contribution is 5.85. The lowest BCUT2D eigenvalue weighted by atomic mass is 9.98. The molecule has 1 unspecified atom stereocenters. The van der Waals surface area contributed by atoms with E-state index in [1.165, 1.54) is 0 Å². The minimum absolute atomic E-state index is 0.0953. The number of nitrogens with one attached hydrogen (secondary N) is 1. The summed E-state index contributed by atoms with van der Waals surface area (Å²) >= 11 is 0. The predicted molar refractivity (Wildman–Crippen MR) is 72.4 cm³/mol. The largest absolute Gasteiger partial charge is 0.497 e. The lowest BCUT2D eigenvalue weighted by Crippen LogP contribution is -2.51. The molecule has 0 bridgehead atoms. The summed E-state index contributed by atoms with van der Waals surface area (Å²) in [4.78, 5) is 12.0. The molecule has 0 aliphatic rings. The minimum Gasteiger partial charge on any atom is -0.497 e. The zero-order valence-corrected chi connectivity index (χ0v) is 11.5. The molecule has 4 heteroatoms. The summed E-state index contributed by atoms with van der Waals surface area (Å²) in [5.41, 5.74) is 6.07. The van der Waals surface area contributed by atoms with Gasteiger partial charge in [0.15, 0.2) is 0 Å². The molecule has 18 heavy (non-hydrogen) atoms. The number of ether oxygens (including phenoxy) is 1. The maximum atomic E-state index is 12.0. The molecule has 4 nitrogen and oxygen atoms in total. The second-order valence-corrected chi connectivity index (χ2v) is 4.74. The van der Waals surface area contributed by atoms with E-state index in [0.29, 0.717) is 6.42 Å². The fourth-order valence-electron chi connectivity index (χ4n) is 1.52. The Balaban J connectivity index is 2.76. The van der Waals surface area contributed by atoms with Gasteiger partial charge < -0.3 is 15.8 Å². The van der Waals surface area contributed by atoms with Crippen LogP contribution in [0.15, 0.2) is 24.3 Å². The van der Waals surface area contributed by atoms with Gasteiger partial charge in [-0.3, -0.25) is 4.79 Å². The number of amides is 1. The van der Waals surface area contributed by atoms with Crippen LogP contribution in [0.2, 0.25) is 0 Å². The molecular weight excluding hydrogens is 228 g/mol. The first-order chi connectivity index (χ1) is 8.40. The van der Waals surface area contributed by atoms with Crippen molar-refractivity contribution in [3.8, 4) is 5.75 Å². The van der Waals surface area contributed by atoms with E-state index >= 15 is 0 Å². The SMILES string of the molecule is CCC(C)(N)C(=O)N[C@H](C)c1cccc(OC)c1. The van der Waals surface area contributed by atoms with E-state index in [9.17, 15) is 4.79 Å². The van der Waals surface area contributed by atoms with Crippen LogP contribution in [0.25, 0.3) is 0 Å². The van der Waals surface area contributed by atoms with E-state index in [0.717, 1.165) is 11.3 Å². The van der Waals surface area contributed by atoms with Crippen molar-refractivity contribution in [2.45, 2.75) is 38.8 Å². The van der Waals surface area contributed by atoms with Gasteiger partial charge in [-0.05, 0) is 38.0 Å². The highest BCUT2D eigenvalue weighted by Crippen LogP contribution is 2.19. The van der Waals surface area contributed by atoms with Gasteiger partial charge in [0.1, 0.15) is 5.75 Å². The van der Waals surface area contributed by atoms with Crippen LogP contribution in [0.4, 0.5) is 0 Å². The third kappa shape index (κ3) is 3.47. The standard InChI is InChI=1S/C14H22N2O2/c1-5-14(3,15)13(17)16-10(2)11-7-6-8-12(9-11)18-4/h6-10H,5,15H2,1-4H3,(H,16,17)/t10-,14?/m1/s1. The highest BCUT2D eigenvalue weighted by atomic mass is 16.5. The summed E-state index contributed by atoms with van der Waals surface area (Å²) < 4.78 is 5.16. The maximum Gasteiger partial charge on any atom is 0.240 e. The van der Waals surface area contributed by atoms with Crippen molar-refractivity contribution >= 4 is 5.91 Å². The molecule has 1 amide bonds. The van der Waals surface area contributed by atoms with E-state index in [2.05, 4.69) is 5.32 Å². The molecule has 0 aliphatic heterocycles. The van der Waals surface area contributed by atoms with Crippen LogP contribution >= 0.6 is 0 Å². The van der Waals surface area contributed by atoms with Crippen molar-refractivity contribution in [2.75, 3.05) is 7.11 Å². The molecule has 0 saturated heterocycles. The number of hydrogen-bond acceptors (Lipinski definition) is 3. The third-order valence-electron chi connectivity index (χ3n) is 3.19. The molecule has 1 aromatic carbocycles. The average molecular weight is 250 g/mol. The molecule has 0 spiro atoms. The number of rotatable bonds is 5. The van der Waals surface area contributed by atoms with E-state index < -0.39 is 5.54 Å². The number of carbonyl (C=O) groups is 1. The summed E-state index contributed by atoms with van der Waals surface area (Å²) in [6.45, 7) is 5.56. The molecule has 0 aliphatic carbocycles. The second-order valence-electron chi connectivity index (χ2n) is 4.74. The summed E-state index contributed by atoms with van der Waals surface area (Å²) in [6, 6.07) is 7.54. The van der Waals surface area contributed by atoms with Crippen molar-refractivity contribution in [2.24, 2.45) is 5.73 Å². The van der Waals surface area contributed by atoms with Gasteiger partial charge in [0, 0.05) is 0 Å². The van der Waals surface area contributed by atoms with Gasteiger partial charge in [-0.2, -0.15) is 0 Å². The fourth-order valence-corrected chi connectivity index (χ4v) is 1.52. The van der Waals surface area contributed by atoms with Gasteiger partial charge in [0.25, 0.3) is 0 Å². The first kappa shape index (κ1) is 14.5. The van der Waals surface area contributed by atoms with Crippen LogP contribution in [0, 0.1) is 0 Å². The Kier molecular flexibility index (Phi) is 4.73. The number of benzene rings is 1. The van der Waals surface area contributed by atoms with Crippen molar-refractivity contribution in [1.82, 2.24) is 5.32 Å². The Morgan fingerprint density at radius 3 is 2.78 bits per heavy atom. The Bertz CT molecular complexity index is 416. The first-order valence-corrected chi connectivity index (χ1v) is 6.14. The first-order valence-electron chi connectivity index (χ1n) is 6.14. The molecule has 2 atom stereocenters. The topological polar surface area (TPSA) is 64.4 Å². The maximum absolute atomic E-state index is 12.0. The molecule has 1 aromatic rings. The smallest absolute Gasteiger partial charge is 0.240 e. The van der Waals surface area contributed by atoms with Crippen LogP contribution in [0.3, 0.4) is 0 Å². The van der Waals surface area contributed by atoms with Crippen molar-refractivity contribution in [3.05, 3.63) is 29.8 Å². The fraction of sp³-hybridized carbons (Fsp3) is 0.500. The summed E-state index contributed by atoms with van der Waals surface area (Å²) in [5, 5.41) is 2.92. The van der Waals surface area contributed by atoms with Gasteiger partial charge in [-0.1, -0.05) is 19.1 Å². The monoisotopic (exact) mass is 250 g/mol. The Labute approximate surface area is 109 Å². The lowest BCUT2D eigenvalue weighted by Gasteiger charge is -2.24. The summed E-state index contributed by atoms with van der Waals surface area (Å²) in [7, 11) is 1.62. The normalized spacial score (nSPS) is 15.6. The number of carbonyl (C=O) groups excluding carboxylic acids is 1. The highest BCUT2D eigenvalue weighted by Gasteiger charge is 2.27. The molecular formula is C14H22N2O2. The van der Waals surface area contributed by atoms with E-state index in [4.69, 9.17) is 10.5 Å². The molecule has 100 valence electrons. The third-order valence-corrected chi connectivity index (χ3v) is 3.19. The molecule has 0 fully saturated rings. The zero-order valence-electron chi connectivity index (χ0n) is 11.5. The molecule has 3 N–H and O–H groups in total. The summed E-state index contributed by atoms with van der Waals surface area (Å²) in [5.74, 6) is 0.639. The number of methoxy groups -OCH3 is 1. The van der Waals surface area contributed by atoms with E-state index in [1.807, 2.05) is 38.1 Å². The van der Waals surface area contributed by atoms with Crippen LogP contribution in [-0.2, 0) is 4.79 Å². The van der Waals surface area contributed by atoms with E-state index in [-0.39, 0.29) is 11.9 Å². The average Bonchev–Trinajstić information content (AvgIpc) is 2.38. The van der Waals surface area contributed by atoms with Gasteiger partial charge in [0.2, 0.25) is 5.91 Å². The van der Waals surface area contributed by atoms with E-state index in [1.54, 1.807) is 14.0 Å². The van der Waals surface area contributed by atoms with Gasteiger partial charge in [-0.15, -0.1) is 0 Å². The zero-order chi connectivity index (χ0) is 13.8.